The van der Waals surface area contributed by atoms with Gasteiger partial charge in [-0.15, -0.1) is 0 Å². The minimum atomic E-state index is -0.647. The van der Waals surface area contributed by atoms with E-state index in [1.165, 1.54) is 17.8 Å². The van der Waals surface area contributed by atoms with E-state index in [2.05, 4.69) is 20.9 Å². The molecule has 2 heterocycles. The molecule has 216 valence electrons. The van der Waals surface area contributed by atoms with Crippen LogP contribution in [-0.2, 0) is 16.1 Å². The van der Waals surface area contributed by atoms with Crippen molar-refractivity contribution < 1.29 is 28.5 Å². The van der Waals surface area contributed by atoms with Crippen molar-refractivity contribution in [1.29, 1.82) is 0 Å². The Bertz CT molecular complexity index is 1710. The van der Waals surface area contributed by atoms with Gasteiger partial charge in [-0.05, 0) is 74.5 Å². The molecule has 0 fully saturated rings. The second-order valence-electron chi connectivity index (χ2n) is 9.12. The third-order valence-corrected chi connectivity index (χ3v) is 7.85. The van der Waals surface area contributed by atoms with Crippen molar-refractivity contribution in [3.63, 3.8) is 0 Å². The number of esters is 1. The predicted octanol–water partition coefficient (Wildman–Crippen LogP) is 8.21. The molecule has 1 N–H and O–H groups in total. The van der Waals surface area contributed by atoms with Gasteiger partial charge in [0.2, 0.25) is 0 Å². The summed E-state index contributed by atoms with van der Waals surface area (Å²) in [7, 11) is 0. The molecule has 1 aliphatic rings. The summed E-state index contributed by atoms with van der Waals surface area (Å²) < 4.78 is 33.3. The van der Waals surface area contributed by atoms with Gasteiger partial charge in [-0.2, -0.15) is 0 Å². The molecule has 7 nitrogen and oxygen atoms in total. The van der Waals surface area contributed by atoms with Crippen LogP contribution in [0.15, 0.2) is 98.6 Å². The highest BCUT2D eigenvalue weighted by Crippen LogP contribution is 2.41. The number of aromatic nitrogens is 1. The summed E-state index contributed by atoms with van der Waals surface area (Å²) in [5, 5.41) is 12.5. The quantitative estimate of drug-likeness (QED) is 0.174. The number of benzene rings is 3. The van der Waals surface area contributed by atoms with Gasteiger partial charge in [0.25, 0.3) is 0 Å². The Labute approximate surface area is 255 Å². The van der Waals surface area contributed by atoms with Gasteiger partial charge in [-0.25, -0.2) is 14.2 Å². The highest BCUT2D eigenvalue weighted by molar-refractivity contribution is 9.10. The van der Waals surface area contributed by atoms with Gasteiger partial charge in [0, 0.05) is 27.1 Å². The van der Waals surface area contributed by atoms with Crippen LogP contribution in [0.1, 0.15) is 19.4 Å². The van der Waals surface area contributed by atoms with Crippen molar-refractivity contribution in [3.05, 3.63) is 105 Å². The van der Waals surface area contributed by atoms with Gasteiger partial charge in [0.1, 0.15) is 28.7 Å². The first kappa shape index (κ1) is 29.5. The average molecular weight is 652 g/mol. The number of halogens is 2. The monoisotopic (exact) mass is 650 g/mol. The number of para-hydroxylation sites is 1. The Morgan fingerprint density at radius 1 is 1.07 bits per heavy atom. The number of rotatable bonds is 10. The number of nitrogens with zero attached hydrogens (tertiary/aromatic N) is 2. The molecule has 0 spiro atoms. The van der Waals surface area contributed by atoms with Crippen LogP contribution in [0.2, 0.25) is 0 Å². The van der Waals surface area contributed by atoms with Crippen molar-refractivity contribution >= 4 is 61.4 Å². The average Bonchev–Trinajstić information content (AvgIpc) is 3.47. The molecule has 1 aliphatic heterocycles. The first-order valence-electron chi connectivity index (χ1n) is 13.4. The molecule has 10 heteroatoms. The van der Waals surface area contributed by atoms with E-state index in [9.17, 15) is 14.3 Å². The van der Waals surface area contributed by atoms with E-state index in [1.54, 1.807) is 49.4 Å². The van der Waals surface area contributed by atoms with E-state index < -0.39 is 11.8 Å². The minimum Gasteiger partial charge on any atom is -0.506 e. The van der Waals surface area contributed by atoms with Crippen LogP contribution in [0.4, 0.5) is 10.1 Å². The number of aliphatic hydroxyl groups excluding tert-OH is 1. The molecule has 0 unspecified atom stereocenters. The SMILES string of the molecule is CCOC(=O)C1=C(O)/C(=C/c2cn(CCOc3ccccc3F)c3ccc(Br)cc23)SC1=Nc1ccc(OCC)cc1. The number of hydrogen-bond acceptors (Lipinski definition) is 7. The lowest BCUT2D eigenvalue weighted by Gasteiger charge is -2.09. The number of aliphatic hydroxyl groups is 1. The lowest BCUT2D eigenvalue weighted by molar-refractivity contribution is -0.138. The highest BCUT2D eigenvalue weighted by atomic mass is 79.9. The highest BCUT2D eigenvalue weighted by Gasteiger charge is 2.33. The van der Waals surface area contributed by atoms with Crippen LogP contribution in [0.25, 0.3) is 17.0 Å². The van der Waals surface area contributed by atoms with E-state index in [0.717, 1.165) is 20.9 Å². The maximum absolute atomic E-state index is 14.0. The van der Waals surface area contributed by atoms with Crippen LogP contribution in [0.5, 0.6) is 11.5 Å². The summed E-state index contributed by atoms with van der Waals surface area (Å²) in [6, 6.07) is 19.4. The van der Waals surface area contributed by atoms with Gasteiger partial charge in [-0.1, -0.05) is 39.8 Å². The fourth-order valence-electron chi connectivity index (χ4n) is 4.45. The number of ether oxygens (including phenoxy) is 3. The summed E-state index contributed by atoms with van der Waals surface area (Å²) >= 11 is 4.74. The molecule has 0 bridgehead atoms. The summed E-state index contributed by atoms with van der Waals surface area (Å²) in [6.45, 7) is 5.04. The van der Waals surface area contributed by atoms with Crippen molar-refractivity contribution in [2.45, 2.75) is 20.4 Å². The summed E-state index contributed by atoms with van der Waals surface area (Å²) in [6.07, 6.45) is 3.76. The topological polar surface area (TPSA) is 82.3 Å². The van der Waals surface area contributed by atoms with Gasteiger partial charge < -0.3 is 23.9 Å². The molecule has 5 rings (SSSR count). The molecule has 1 aromatic heterocycles. The fourth-order valence-corrected chi connectivity index (χ4v) is 5.83. The second-order valence-corrected chi connectivity index (χ2v) is 11.1. The lowest BCUT2D eigenvalue weighted by atomic mass is 10.1. The molecular weight excluding hydrogens is 623 g/mol. The molecule has 3 aromatic carbocycles. The van der Waals surface area contributed by atoms with Crippen LogP contribution in [0, 0.1) is 5.82 Å². The van der Waals surface area contributed by atoms with E-state index in [0.29, 0.717) is 34.5 Å². The standard InChI is InChI=1S/C32H28BrFN2O5S/c1-3-39-23-12-10-22(11-13-23)35-31-29(32(38)40-4-2)30(37)28(42-31)17-20-19-36(26-14-9-21(33)18-24(20)26)15-16-41-27-8-6-5-7-25(27)34/h5-14,17-19,37H,3-4,15-16H2,1-2H3/b28-17-,35-31?. The molecule has 0 atom stereocenters. The van der Waals surface area contributed by atoms with Crippen LogP contribution in [-0.4, -0.2) is 40.5 Å². The van der Waals surface area contributed by atoms with Gasteiger partial charge in [0.05, 0.1) is 30.4 Å². The third-order valence-electron chi connectivity index (χ3n) is 6.34. The number of carbonyl (C=O) groups is 1. The van der Waals surface area contributed by atoms with E-state index in [1.807, 2.05) is 42.0 Å². The predicted molar refractivity (Wildman–Crippen MR) is 168 cm³/mol. The lowest BCUT2D eigenvalue weighted by Crippen LogP contribution is -2.12. The van der Waals surface area contributed by atoms with Crippen LogP contribution >= 0.6 is 27.7 Å². The molecule has 0 radical (unpaired) electrons. The minimum absolute atomic E-state index is 0.0187. The third kappa shape index (κ3) is 6.55. The molecule has 0 saturated heterocycles. The summed E-state index contributed by atoms with van der Waals surface area (Å²) in [4.78, 5) is 18.0. The molecule has 0 amide bonds. The van der Waals surface area contributed by atoms with Crippen LogP contribution < -0.4 is 9.47 Å². The number of aliphatic imine (C=N–C) groups is 1. The zero-order valence-electron chi connectivity index (χ0n) is 23.0. The number of carbonyl (C=O) groups excluding carboxylic acids is 1. The summed E-state index contributed by atoms with van der Waals surface area (Å²) in [5.74, 6) is -0.341. The second kappa shape index (κ2) is 13.3. The molecule has 4 aromatic rings. The maximum Gasteiger partial charge on any atom is 0.344 e. The van der Waals surface area contributed by atoms with Gasteiger partial charge in [-0.3, -0.25) is 0 Å². The normalized spacial score (nSPS) is 15.1. The molecular formula is C32H28BrFN2O5S. The van der Waals surface area contributed by atoms with Gasteiger partial charge in [0.15, 0.2) is 11.6 Å². The number of thioether (sulfide) groups is 1. The van der Waals surface area contributed by atoms with E-state index >= 15 is 0 Å². The van der Waals surface area contributed by atoms with Crippen molar-refractivity contribution in [3.8, 4) is 11.5 Å². The van der Waals surface area contributed by atoms with Crippen LogP contribution in [0.3, 0.4) is 0 Å². The van der Waals surface area contributed by atoms with Crippen molar-refractivity contribution in [2.24, 2.45) is 4.99 Å². The zero-order valence-corrected chi connectivity index (χ0v) is 25.4. The smallest absolute Gasteiger partial charge is 0.344 e. The van der Waals surface area contributed by atoms with Crippen molar-refractivity contribution in [2.75, 3.05) is 19.8 Å². The maximum atomic E-state index is 14.0. The van der Waals surface area contributed by atoms with E-state index in [-0.39, 0.29) is 30.3 Å². The Kier molecular flexibility index (Phi) is 9.34. The Balaban J connectivity index is 1.48. The fraction of sp³-hybridized carbons (Fsp3) is 0.188. The molecule has 0 aliphatic carbocycles. The zero-order chi connectivity index (χ0) is 29.6. The van der Waals surface area contributed by atoms with Crippen molar-refractivity contribution in [1.82, 2.24) is 4.57 Å². The Morgan fingerprint density at radius 2 is 1.86 bits per heavy atom. The largest absolute Gasteiger partial charge is 0.506 e. The number of fused-ring (bicyclic) bond motifs is 1. The Hall–Kier alpha value is -4.02. The molecule has 0 saturated carbocycles. The summed E-state index contributed by atoms with van der Waals surface area (Å²) in [5.41, 5.74) is 2.37. The first-order valence-corrected chi connectivity index (χ1v) is 15.0. The van der Waals surface area contributed by atoms with E-state index in [4.69, 9.17) is 14.2 Å². The number of hydrogen-bond donors (Lipinski definition) is 1. The first-order chi connectivity index (χ1) is 20.4. The van der Waals surface area contributed by atoms with Gasteiger partial charge >= 0.3 is 5.97 Å². The molecule has 42 heavy (non-hydrogen) atoms. The Morgan fingerprint density at radius 3 is 2.60 bits per heavy atom.